The zero-order valence-corrected chi connectivity index (χ0v) is 15.7. The van der Waals surface area contributed by atoms with E-state index in [1.54, 1.807) is 11.9 Å². The minimum absolute atomic E-state index is 0.154. The first-order valence-corrected chi connectivity index (χ1v) is 9.09. The van der Waals surface area contributed by atoms with E-state index < -0.39 is 0 Å². The van der Waals surface area contributed by atoms with Crippen molar-refractivity contribution < 1.29 is 9.53 Å². The normalized spacial score (nSPS) is 15.3. The van der Waals surface area contributed by atoms with Gasteiger partial charge in [-0.3, -0.25) is 9.59 Å². The van der Waals surface area contributed by atoms with Crippen LogP contribution in [0.4, 0.5) is 0 Å². The Labute approximate surface area is 154 Å². The molecule has 0 radical (unpaired) electrons. The van der Waals surface area contributed by atoms with Crippen LogP contribution in [0.5, 0.6) is 0 Å². The fraction of sp³-hybridized carbons (Fsp3) is 0.429. The molecule has 1 aliphatic heterocycles. The fourth-order valence-electron chi connectivity index (χ4n) is 3.41. The third-order valence-corrected chi connectivity index (χ3v) is 5.14. The van der Waals surface area contributed by atoms with Gasteiger partial charge in [-0.2, -0.15) is 0 Å². The lowest BCUT2D eigenvalue weighted by atomic mass is 10.0. The Bertz CT molecular complexity index is 834. The van der Waals surface area contributed by atoms with Gasteiger partial charge in [0.1, 0.15) is 5.56 Å². The van der Waals surface area contributed by atoms with Gasteiger partial charge in [0.25, 0.3) is 11.5 Å². The standard InChI is InChI=1S/C21H26N2O3/c1-15-13-16(2)22(3)20(24)19(15)21(25)23-11-9-18(10-12-23)26-14-17-7-5-4-6-8-17/h4-8,13,18H,9-12,14H2,1-3H3. The van der Waals surface area contributed by atoms with Crippen LogP contribution in [0.1, 0.15) is 40.0 Å². The van der Waals surface area contributed by atoms with E-state index in [9.17, 15) is 9.59 Å². The summed E-state index contributed by atoms with van der Waals surface area (Å²) in [5, 5.41) is 0. The zero-order chi connectivity index (χ0) is 18.7. The number of hydrogen-bond acceptors (Lipinski definition) is 3. The molecule has 0 N–H and O–H groups in total. The summed E-state index contributed by atoms with van der Waals surface area (Å²) in [5.41, 5.74) is 2.84. The number of pyridine rings is 1. The molecule has 2 aromatic rings. The van der Waals surface area contributed by atoms with Gasteiger partial charge in [-0.25, -0.2) is 0 Å². The average molecular weight is 354 g/mol. The molecule has 2 heterocycles. The summed E-state index contributed by atoms with van der Waals surface area (Å²) in [6, 6.07) is 12.0. The molecule has 0 bridgehead atoms. The van der Waals surface area contributed by atoms with Gasteiger partial charge in [0.2, 0.25) is 0 Å². The minimum atomic E-state index is -0.213. The topological polar surface area (TPSA) is 51.5 Å². The number of piperidine rings is 1. The lowest BCUT2D eigenvalue weighted by molar-refractivity contribution is -0.000443. The molecule has 0 unspecified atom stereocenters. The molecule has 26 heavy (non-hydrogen) atoms. The van der Waals surface area contributed by atoms with Gasteiger partial charge in [-0.1, -0.05) is 30.3 Å². The first kappa shape index (κ1) is 18.4. The molecule has 1 aromatic heterocycles. The monoisotopic (exact) mass is 354 g/mol. The summed E-state index contributed by atoms with van der Waals surface area (Å²) in [5.74, 6) is -0.162. The van der Waals surface area contributed by atoms with Gasteiger partial charge in [0.15, 0.2) is 0 Å². The van der Waals surface area contributed by atoms with Gasteiger partial charge in [0.05, 0.1) is 12.7 Å². The van der Waals surface area contributed by atoms with Crippen molar-refractivity contribution in [3.05, 3.63) is 69.1 Å². The van der Waals surface area contributed by atoms with Crippen molar-refractivity contribution in [3.8, 4) is 0 Å². The first-order chi connectivity index (χ1) is 12.5. The number of carbonyl (C=O) groups excluding carboxylic acids is 1. The van der Waals surface area contributed by atoms with Crippen LogP contribution in [-0.4, -0.2) is 34.6 Å². The Morgan fingerprint density at radius 1 is 1.15 bits per heavy atom. The van der Waals surface area contributed by atoms with E-state index in [0.717, 1.165) is 29.7 Å². The summed E-state index contributed by atoms with van der Waals surface area (Å²) in [7, 11) is 1.71. The van der Waals surface area contributed by atoms with Crippen LogP contribution in [0.15, 0.2) is 41.2 Å². The second-order valence-electron chi connectivity index (χ2n) is 7.00. The predicted molar refractivity (Wildman–Crippen MR) is 101 cm³/mol. The molecule has 1 aromatic carbocycles. The molecular weight excluding hydrogens is 328 g/mol. The molecule has 1 fully saturated rings. The molecule has 5 nitrogen and oxygen atoms in total. The minimum Gasteiger partial charge on any atom is -0.373 e. The first-order valence-electron chi connectivity index (χ1n) is 9.09. The van der Waals surface area contributed by atoms with Gasteiger partial charge in [-0.15, -0.1) is 0 Å². The highest BCUT2D eigenvalue weighted by Crippen LogP contribution is 2.18. The molecule has 0 saturated carbocycles. The van der Waals surface area contributed by atoms with E-state index in [4.69, 9.17) is 4.74 Å². The number of aryl methyl sites for hydroxylation is 2. The molecule has 0 spiro atoms. The maximum Gasteiger partial charge on any atom is 0.263 e. The number of rotatable bonds is 4. The van der Waals surface area contributed by atoms with Crippen molar-refractivity contribution in [2.24, 2.45) is 7.05 Å². The van der Waals surface area contributed by atoms with Gasteiger partial charge < -0.3 is 14.2 Å². The van der Waals surface area contributed by atoms with Crippen molar-refractivity contribution in [1.29, 1.82) is 0 Å². The summed E-state index contributed by atoms with van der Waals surface area (Å²) in [6.45, 7) is 5.54. The Morgan fingerprint density at radius 2 is 1.81 bits per heavy atom. The SMILES string of the molecule is Cc1cc(C)n(C)c(=O)c1C(=O)N1CCC(OCc2ccccc2)CC1. The highest BCUT2D eigenvalue weighted by Gasteiger charge is 2.27. The van der Waals surface area contributed by atoms with Crippen molar-refractivity contribution in [2.45, 2.75) is 39.4 Å². The Hall–Kier alpha value is -2.40. The third-order valence-electron chi connectivity index (χ3n) is 5.14. The quantitative estimate of drug-likeness (QED) is 0.848. The van der Waals surface area contributed by atoms with Crippen LogP contribution in [0, 0.1) is 13.8 Å². The van der Waals surface area contributed by atoms with Crippen LogP contribution >= 0.6 is 0 Å². The van der Waals surface area contributed by atoms with E-state index in [2.05, 4.69) is 12.1 Å². The van der Waals surface area contributed by atoms with Crippen molar-refractivity contribution in [2.75, 3.05) is 13.1 Å². The highest BCUT2D eigenvalue weighted by atomic mass is 16.5. The maximum absolute atomic E-state index is 12.9. The van der Waals surface area contributed by atoms with E-state index in [-0.39, 0.29) is 17.6 Å². The Balaban J connectivity index is 1.61. The maximum atomic E-state index is 12.9. The number of carbonyl (C=O) groups is 1. The van der Waals surface area contributed by atoms with Crippen molar-refractivity contribution >= 4 is 5.91 Å². The Kier molecular flexibility index (Phi) is 5.57. The van der Waals surface area contributed by atoms with Crippen LogP contribution in [0.3, 0.4) is 0 Å². The Morgan fingerprint density at radius 3 is 2.46 bits per heavy atom. The summed E-state index contributed by atoms with van der Waals surface area (Å²) >= 11 is 0. The summed E-state index contributed by atoms with van der Waals surface area (Å²) in [4.78, 5) is 27.2. The summed E-state index contributed by atoms with van der Waals surface area (Å²) in [6.07, 6.45) is 1.74. The molecule has 138 valence electrons. The number of ether oxygens (including phenoxy) is 1. The zero-order valence-electron chi connectivity index (χ0n) is 15.7. The van der Waals surface area contributed by atoms with E-state index in [1.807, 2.05) is 38.1 Å². The second-order valence-corrected chi connectivity index (χ2v) is 7.00. The summed E-state index contributed by atoms with van der Waals surface area (Å²) < 4.78 is 7.52. The third kappa shape index (κ3) is 3.88. The fourth-order valence-corrected chi connectivity index (χ4v) is 3.41. The molecule has 0 aliphatic carbocycles. The van der Waals surface area contributed by atoms with Crippen molar-refractivity contribution in [3.63, 3.8) is 0 Å². The van der Waals surface area contributed by atoms with Crippen LogP contribution in [-0.2, 0) is 18.4 Å². The van der Waals surface area contributed by atoms with Crippen LogP contribution in [0.25, 0.3) is 0 Å². The predicted octanol–water partition coefficient (Wildman–Crippen LogP) is 2.82. The molecule has 5 heteroatoms. The number of amides is 1. The van der Waals surface area contributed by atoms with Crippen molar-refractivity contribution in [1.82, 2.24) is 9.47 Å². The van der Waals surface area contributed by atoms with Crippen LogP contribution in [0.2, 0.25) is 0 Å². The van der Waals surface area contributed by atoms with Gasteiger partial charge >= 0.3 is 0 Å². The second kappa shape index (κ2) is 7.87. The highest BCUT2D eigenvalue weighted by molar-refractivity contribution is 5.95. The molecule has 1 saturated heterocycles. The van der Waals surface area contributed by atoms with E-state index in [1.165, 1.54) is 4.57 Å². The number of hydrogen-bond donors (Lipinski definition) is 0. The number of nitrogens with zero attached hydrogens (tertiary/aromatic N) is 2. The molecule has 0 atom stereocenters. The van der Waals surface area contributed by atoms with E-state index >= 15 is 0 Å². The molecule has 3 rings (SSSR count). The number of likely N-dealkylation sites (tertiary alicyclic amines) is 1. The number of aromatic nitrogens is 1. The number of benzene rings is 1. The molecule has 1 amide bonds. The van der Waals surface area contributed by atoms with E-state index in [0.29, 0.717) is 25.3 Å². The lowest BCUT2D eigenvalue weighted by Gasteiger charge is -2.32. The largest absolute Gasteiger partial charge is 0.373 e. The average Bonchev–Trinajstić information content (AvgIpc) is 2.66. The smallest absolute Gasteiger partial charge is 0.263 e. The van der Waals surface area contributed by atoms with Gasteiger partial charge in [0, 0.05) is 25.8 Å². The van der Waals surface area contributed by atoms with Crippen LogP contribution < -0.4 is 5.56 Å². The lowest BCUT2D eigenvalue weighted by Crippen LogP contribution is -2.43. The molecule has 1 aliphatic rings. The molecular formula is C21H26N2O3. The van der Waals surface area contributed by atoms with Gasteiger partial charge in [-0.05, 0) is 43.9 Å².